The molecule has 0 spiro atoms. The highest BCUT2D eigenvalue weighted by Crippen LogP contribution is 2.51. The number of rotatable bonds is 4. The molecule has 2 N–H and O–H groups in total. The molecule has 0 aliphatic heterocycles. The van der Waals surface area contributed by atoms with E-state index in [2.05, 4.69) is 12.0 Å². The van der Waals surface area contributed by atoms with Crippen LogP contribution in [0.5, 0.6) is 0 Å². The van der Waals surface area contributed by atoms with E-state index >= 15 is 0 Å². The minimum absolute atomic E-state index is 0.0138. The van der Waals surface area contributed by atoms with Gasteiger partial charge in [0.1, 0.15) is 0 Å². The van der Waals surface area contributed by atoms with Gasteiger partial charge >= 0.3 is 5.97 Å². The first-order valence-corrected chi connectivity index (χ1v) is 6.68. The number of carboxylic acid groups (broad SMARTS) is 1. The van der Waals surface area contributed by atoms with Gasteiger partial charge in [-0.25, -0.2) is 0 Å². The van der Waals surface area contributed by atoms with Crippen LogP contribution in [0, 0.1) is 30.1 Å². The zero-order valence-corrected chi connectivity index (χ0v) is 10.5. The molecule has 2 rings (SSSR count). The average Bonchev–Trinajstić information content (AvgIpc) is 2.30. The molecule has 4 atom stereocenters. The molecule has 18 heavy (non-hydrogen) atoms. The summed E-state index contributed by atoms with van der Waals surface area (Å²) >= 11 is 0. The monoisotopic (exact) mass is 248 g/mol. The lowest BCUT2D eigenvalue weighted by atomic mass is 9.57. The molecule has 0 radical (unpaired) electrons. The molecule has 2 aliphatic carbocycles. The number of aliphatic carboxylic acids is 1. The molecule has 98 valence electrons. The van der Waals surface area contributed by atoms with Gasteiger partial charge in [-0.2, -0.15) is 0 Å². The van der Waals surface area contributed by atoms with Crippen molar-refractivity contribution in [3.63, 3.8) is 0 Å². The Bertz CT molecular complexity index is 391. The Kier molecular flexibility index (Phi) is 4.08. The molecule has 2 fully saturated rings. The molecular weight excluding hydrogens is 228 g/mol. The van der Waals surface area contributed by atoms with Crippen molar-refractivity contribution in [1.82, 2.24) is 0 Å². The van der Waals surface area contributed by atoms with E-state index in [0.717, 1.165) is 25.7 Å². The van der Waals surface area contributed by atoms with Gasteiger partial charge in [-0.05, 0) is 43.9 Å². The lowest BCUT2D eigenvalue weighted by Crippen LogP contribution is -2.44. The number of hydrogen-bond donors (Lipinski definition) is 2. The number of aliphatic hydroxyl groups excluding tert-OH is 1. The van der Waals surface area contributed by atoms with Crippen molar-refractivity contribution in [1.29, 1.82) is 0 Å². The van der Waals surface area contributed by atoms with Crippen LogP contribution in [0.2, 0.25) is 0 Å². The van der Waals surface area contributed by atoms with E-state index in [1.165, 1.54) is 5.57 Å². The van der Waals surface area contributed by atoms with Gasteiger partial charge in [0.15, 0.2) is 0 Å². The van der Waals surface area contributed by atoms with Gasteiger partial charge in [0.25, 0.3) is 0 Å². The van der Waals surface area contributed by atoms with Gasteiger partial charge < -0.3 is 10.2 Å². The van der Waals surface area contributed by atoms with Crippen LogP contribution in [0.3, 0.4) is 0 Å². The van der Waals surface area contributed by atoms with Crippen molar-refractivity contribution in [2.75, 3.05) is 0 Å². The second kappa shape index (κ2) is 5.58. The van der Waals surface area contributed by atoms with E-state index in [4.69, 9.17) is 11.5 Å². The molecule has 3 heteroatoms. The van der Waals surface area contributed by atoms with Crippen molar-refractivity contribution >= 4 is 5.97 Å². The first kappa shape index (κ1) is 13.2. The summed E-state index contributed by atoms with van der Waals surface area (Å²) in [6, 6.07) is 0. The maximum atomic E-state index is 10.4. The topological polar surface area (TPSA) is 57.5 Å². The quantitative estimate of drug-likeness (QED) is 0.455. The predicted molar refractivity (Wildman–Crippen MR) is 68.7 cm³/mol. The fourth-order valence-electron chi connectivity index (χ4n) is 3.28. The summed E-state index contributed by atoms with van der Waals surface area (Å²) in [5.74, 6) is 3.01. The predicted octanol–water partition coefficient (Wildman–Crippen LogP) is 2.21. The van der Waals surface area contributed by atoms with E-state index in [1.807, 2.05) is 0 Å². The average molecular weight is 248 g/mol. The van der Waals surface area contributed by atoms with Gasteiger partial charge in [-0.15, -0.1) is 12.3 Å². The molecule has 2 saturated carbocycles. The van der Waals surface area contributed by atoms with E-state index in [-0.39, 0.29) is 18.4 Å². The minimum atomic E-state index is -0.729. The number of terminal acetylenes is 1. The van der Waals surface area contributed by atoms with Crippen molar-refractivity contribution in [3.05, 3.63) is 11.6 Å². The SMILES string of the molecule is C#C[C@@H]1[C@H]2CC(=CCCCC(=O)O)[C@H]2CC[C@H]1O. The molecule has 0 amide bonds. The Labute approximate surface area is 108 Å². The maximum Gasteiger partial charge on any atom is 0.303 e. The molecule has 0 saturated heterocycles. The normalized spacial score (nSPS) is 36.6. The smallest absolute Gasteiger partial charge is 0.303 e. The van der Waals surface area contributed by atoms with E-state index in [9.17, 15) is 9.90 Å². The molecule has 0 aromatic heterocycles. The summed E-state index contributed by atoms with van der Waals surface area (Å²) in [6.45, 7) is 0. The lowest BCUT2D eigenvalue weighted by molar-refractivity contribution is -0.137. The summed E-state index contributed by atoms with van der Waals surface area (Å²) in [7, 11) is 0. The first-order chi connectivity index (χ1) is 8.63. The Balaban J connectivity index is 1.84. The highest BCUT2D eigenvalue weighted by atomic mass is 16.4. The molecular formula is C15H20O3. The maximum absolute atomic E-state index is 10.4. The van der Waals surface area contributed by atoms with Crippen LogP contribution in [-0.4, -0.2) is 22.3 Å². The number of aliphatic hydroxyl groups is 1. The third kappa shape index (κ3) is 2.59. The van der Waals surface area contributed by atoms with Gasteiger partial charge in [0.2, 0.25) is 0 Å². The van der Waals surface area contributed by atoms with Gasteiger partial charge in [-0.3, -0.25) is 4.79 Å². The zero-order valence-electron chi connectivity index (χ0n) is 10.5. The van der Waals surface area contributed by atoms with E-state index < -0.39 is 5.97 Å². The third-order valence-corrected chi connectivity index (χ3v) is 4.31. The Morgan fingerprint density at radius 1 is 1.50 bits per heavy atom. The largest absolute Gasteiger partial charge is 0.481 e. The number of fused-ring (bicyclic) bond motifs is 1. The molecule has 0 aromatic carbocycles. The molecule has 0 aromatic rings. The number of carboxylic acids is 1. The van der Waals surface area contributed by atoms with Crippen LogP contribution >= 0.6 is 0 Å². The van der Waals surface area contributed by atoms with Gasteiger partial charge in [0.05, 0.1) is 6.10 Å². The number of allylic oxidation sites excluding steroid dienone is 2. The second-order valence-electron chi connectivity index (χ2n) is 5.38. The van der Waals surface area contributed by atoms with Crippen LogP contribution in [0.25, 0.3) is 0 Å². The summed E-state index contributed by atoms with van der Waals surface area (Å²) in [5.41, 5.74) is 1.43. The van der Waals surface area contributed by atoms with Crippen molar-refractivity contribution < 1.29 is 15.0 Å². The van der Waals surface area contributed by atoms with Crippen LogP contribution < -0.4 is 0 Å². The zero-order chi connectivity index (χ0) is 13.1. The first-order valence-electron chi connectivity index (χ1n) is 6.68. The fourth-order valence-corrected chi connectivity index (χ4v) is 3.28. The van der Waals surface area contributed by atoms with Crippen molar-refractivity contribution in [3.8, 4) is 12.3 Å². The summed E-state index contributed by atoms with van der Waals surface area (Å²) < 4.78 is 0. The standard InChI is InChI=1S/C15H20O3/c1-2-11-13-9-10(5-3-4-6-15(17)18)12(13)7-8-14(11)16/h1,5,11-14,16H,3-4,6-9H2,(H,17,18)/t11-,12-,13-,14-/m1/s1. The van der Waals surface area contributed by atoms with Gasteiger partial charge in [-0.1, -0.05) is 11.6 Å². The Morgan fingerprint density at radius 2 is 2.28 bits per heavy atom. The minimum Gasteiger partial charge on any atom is -0.481 e. The molecule has 2 aliphatic rings. The molecule has 3 nitrogen and oxygen atoms in total. The van der Waals surface area contributed by atoms with Crippen LogP contribution in [0.15, 0.2) is 11.6 Å². The molecule has 0 bridgehead atoms. The van der Waals surface area contributed by atoms with Crippen molar-refractivity contribution in [2.45, 2.75) is 44.6 Å². The Hall–Kier alpha value is -1.27. The number of unbranched alkanes of at least 4 members (excludes halogenated alkanes) is 1. The summed E-state index contributed by atoms with van der Waals surface area (Å²) in [4.78, 5) is 10.4. The molecule has 0 unspecified atom stereocenters. The summed E-state index contributed by atoms with van der Waals surface area (Å²) in [5, 5.41) is 18.4. The van der Waals surface area contributed by atoms with Gasteiger partial charge in [0, 0.05) is 12.3 Å². The lowest BCUT2D eigenvalue weighted by Gasteiger charge is -2.48. The van der Waals surface area contributed by atoms with Crippen LogP contribution in [0.4, 0.5) is 0 Å². The number of hydrogen-bond acceptors (Lipinski definition) is 2. The van der Waals surface area contributed by atoms with E-state index in [0.29, 0.717) is 18.3 Å². The number of carbonyl (C=O) groups is 1. The summed E-state index contributed by atoms with van der Waals surface area (Å²) in [6.07, 6.45) is 11.9. The highest BCUT2D eigenvalue weighted by Gasteiger charge is 2.45. The van der Waals surface area contributed by atoms with Crippen LogP contribution in [0.1, 0.15) is 38.5 Å². The third-order valence-electron chi connectivity index (χ3n) is 4.31. The van der Waals surface area contributed by atoms with Crippen LogP contribution in [-0.2, 0) is 4.79 Å². The molecule has 0 heterocycles. The Morgan fingerprint density at radius 3 is 2.94 bits per heavy atom. The van der Waals surface area contributed by atoms with Crippen molar-refractivity contribution in [2.24, 2.45) is 17.8 Å². The second-order valence-corrected chi connectivity index (χ2v) is 5.38. The fraction of sp³-hybridized carbons (Fsp3) is 0.667. The highest BCUT2D eigenvalue weighted by molar-refractivity contribution is 5.66. The van der Waals surface area contributed by atoms with E-state index in [1.54, 1.807) is 0 Å².